The Balaban J connectivity index is 1.60. The van der Waals surface area contributed by atoms with E-state index in [0.717, 1.165) is 17.0 Å². The number of hydrogen-bond acceptors (Lipinski definition) is 4. The minimum Gasteiger partial charge on any atom is -0.496 e. The van der Waals surface area contributed by atoms with Crippen LogP contribution in [0.15, 0.2) is 42.6 Å². The lowest BCUT2D eigenvalue weighted by Gasteiger charge is -2.30. The molecule has 0 spiro atoms. The van der Waals surface area contributed by atoms with Gasteiger partial charge in [0.05, 0.1) is 47.4 Å². The second-order valence-corrected chi connectivity index (χ2v) is 9.06. The number of methoxy groups -OCH3 is 1. The van der Waals surface area contributed by atoms with Gasteiger partial charge in [-0.25, -0.2) is 13.3 Å². The van der Waals surface area contributed by atoms with Gasteiger partial charge in [0, 0.05) is 23.9 Å². The average Bonchev–Trinajstić information content (AvgIpc) is 3.17. The van der Waals surface area contributed by atoms with Crippen LogP contribution < -0.4 is 4.74 Å². The number of hydrogen-bond donors (Lipinski definition) is 0. The third kappa shape index (κ3) is 3.73. The molecular weight excluding hydrogens is 450 g/mol. The highest BCUT2D eigenvalue weighted by Crippen LogP contribution is 2.35. The lowest BCUT2D eigenvalue weighted by molar-refractivity contribution is 0.0728. The molecular formula is C27H26F2N4O2. The van der Waals surface area contributed by atoms with Crippen LogP contribution in [-0.2, 0) is 13.0 Å². The number of aryl methyl sites for hydroxylation is 1. The molecule has 35 heavy (non-hydrogen) atoms. The van der Waals surface area contributed by atoms with E-state index in [1.54, 1.807) is 41.8 Å². The number of amides is 1. The Morgan fingerprint density at radius 1 is 1.09 bits per heavy atom. The van der Waals surface area contributed by atoms with Crippen molar-refractivity contribution in [3.05, 3.63) is 82.4 Å². The van der Waals surface area contributed by atoms with E-state index < -0.39 is 11.6 Å². The molecule has 4 aromatic rings. The molecule has 0 saturated heterocycles. The number of rotatable bonds is 4. The van der Waals surface area contributed by atoms with E-state index >= 15 is 0 Å². The van der Waals surface area contributed by atoms with Crippen LogP contribution in [0.5, 0.6) is 5.75 Å². The minimum atomic E-state index is -0.649. The van der Waals surface area contributed by atoms with Gasteiger partial charge in [-0.3, -0.25) is 9.78 Å². The first kappa shape index (κ1) is 23.0. The zero-order chi connectivity index (χ0) is 24.9. The fourth-order valence-electron chi connectivity index (χ4n) is 4.99. The van der Waals surface area contributed by atoms with E-state index in [-0.39, 0.29) is 17.4 Å². The highest BCUT2D eigenvalue weighted by molar-refractivity contribution is 5.97. The van der Waals surface area contributed by atoms with Gasteiger partial charge in [-0.1, -0.05) is 19.9 Å². The second-order valence-electron chi connectivity index (χ2n) is 9.06. The van der Waals surface area contributed by atoms with Gasteiger partial charge in [-0.15, -0.1) is 0 Å². The largest absolute Gasteiger partial charge is 0.496 e. The SMILES string of the molecule is COc1ccnc2c1CCN(C(=O)c1ccc3c(-c4c(F)cccc4F)c(C)nn3c1C(C)C)C2. The van der Waals surface area contributed by atoms with Gasteiger partial charge in [0.2, 0.25) is 0 Å². The van der Waals surface area contributed by atoms with Crippen molar-refractivity contribution >= 4 is 11.4 Å². The van der Waals surface area contributed by atoms with Crippen molar-refractivity contribution in [2.75, 3.05) is 13.7 Å². The lowest BCUT2D eigenvalue weighted by Crippen LogP contribution is -2.37. The average molecular weight is 477 g/mol. The maximum absolute atomic E-state index is 14.7. The highest BCUT2D eigenvalue weighted by atomic mass is 19.1. The van der Waals surface area contributed by atoms with Crippen LogP contribution in [0.25, 0.3) is 16.6 Å². The lowest BCUT2D eigenvalue weighted by atomic mass is 9.98. The van der Waals surface area contributed by atoms with E-state index in [4.69, 9.17) is 4.74 Å². The Morgan fingerprint density at radius 2 is 1.83 bits per heavy atom. The molecule has 4 heterocycles. The van der Waals surface area contributed by atoms with Crippen molar-refractivity contribution in [3.63, 3.8) is 0 Å². The van der Waals surface area contributed by atoms with Crippen LogP contribution >= 0.6 is 0 Å². The maximum atomic E-state index is 14.7. The molecule has 0 unspecified atom stereocenters. The van der Waals surface area contributed by atoms with E-state index in [9.17, 15) is 13.6 Å². The van der Waals surface area contributed by atoms with Crippen molar-refractivity contribution in [2.24, 2.45) is 0 Å². The van der Waals surface area contributed by atoms with Gasteiger partial charge >= 0.3 is 0 Å². The molecule has 0 saturated carbocycles. The molecule has 1 aliphatic rings. The standard InChI is InChI=1S/C27H26F2N4O2/c1-15(2)26-18(27(34)32-13-11-17-21(14-32)30-12-10-23(17)35-4)8-9-22-24(16(3)31-33(22)26)25-19(28)6-5-7-20(25)29/h5-10,12,15H,11,13-14H2,1-4H3. The van der Waals surface area contributed by atoms with Crippen molar-refractivity contribution in [3.8, 4) is 16.9 Å². The van der Waals surface area contributed by atoms with Crippen molar-refractivity contribution < 1.29 is 18.3 Å². The van der Waals surface area contributed by atoms with Crippen molar-refractivity contribution in [1.29, 1.82) is 0 Å². The number of carbonyl (C=O) groups is 1. The number of pyridine rings is 2. The summed E-state index contributed by atoms with van der Waals surface area (Å²) in [6.07, 6.45) is 2.34. The van der Waals surface area contributed by atoms with E-state index in [1.165, 1.54) is 18.2 Å². The molecule has 0 fully saturated rings. The van der Waals surface area contributed by atoms with Gasteiger partial charge in [0.15, 0.2) is 0 Å². The summed E-state index contributed by atoms with van der Waals surface area (Å²) in [4.78, 5) is 19.9. The number of aromatic nitrogens is 3. The number of halogens is 2. The van der Waals surface area contributed by atoms with Gasteiger partial charge in [-0.2, -0.15) is 5.10 Å². The Morgan fingerprint density at radius 3 is 2.51 bits per heavy atom. The molecule has 1 aliphatic heterocycles. The number of ether oxygens (including phenoxy) is 1. The van der Waals surface area contributed by atoms with Crippen molar-refractivity contribution in [1.82, 2.24) is 19.5 Å². The number of benzene rings is 1. The summed E-state index contributed by atoms with van der Waals surface area (Å²) >= 11 is 0. The minimum absolute atomic E-state index is 0.0643. The molecule has 0 N–H and O–H groups in total. The van der Waals surface area contributed by atoms with Crippen LogP contribution in [0, 0.1) is 18.6 Å². The molecule has 6 nitrogen and oxygen atoms in total. The molecule has 0 atom stereocenters. The molecule has 5 rings (SSSR count). The summed E-state index contributed by atoms with van der Waals surface area (Å²) in [6, 6.07) is 9.11. The Bertz CT molecular complexity index is 1440. The fourth-order valence-corrected chi connectivity index (χ4v) is 4.99. The predicted octanol–water partition coefficient (Wildman–Crippen LogP) is 5.31. The summed E-state index contributed by atoms with van der Waals surface area (Å²) in [5.41, 5.74) is 4.39. The van der Waals surface area contributed by atoms with Crippen LogP contribution in [0.1, 0.15) is 52.8 Å². The van der Waals surface area contributed by atoms with Crippen LogP contribution in [-0.4, -0.2) is 39.1 Å². The maximum Gasteiger partial charge on any atom is 0.256 e. The predicted molar refractivity (Wildman–Crippen MR) is 129 cm³/mol. The van der Waals surface area contributed by atoms with E-state index in [2.05, 4.69) is 10.1 Å². The fraction of sp³-hybridized carbons (Fsp3) is 0.296. The number of nitrogens with zero attached hydrogens (tertiary/aromatic N) is 4. The zero-order valence-electron chi connectivity index (χ0n) is 20.1. The van der Waals surface area contributed by atoms with E-state index in [1.807, 2.05) is 19.9 Å². The molecule has 0 aliphatic carbocycles. The summed E-state index contributed by atoms with van der Waals surface area (Å²) in [5, 5.41) is 4.62. The Kier molecular flexibility index (Phi) is 5.75. The van der Waals surface area contributed by atoms with Crippen molar-refractivity contribution in [2.45, 2.75) is 39.7 Å². The first-order valence-electron chi connectivity index (χ1n) is 11.6. The number of fused-ring (bicyclic) bond motifs is 2. The van der Waals surface area contributed by atoms with Gasteiger partial charge < -0.3 is 9.64 Å². The van der Waals surface area contributed by atoms with Gasteiger partial charge in [-0.05, 0) is 49.6 Å². The van der Waals surface area contributed by atoms with Crippen LogP contribution in [0.4, 0.5) is 8.78 Å². The first-order chi connectivity index (χ1) is 16.8. The Labute approximate surface area is 202 Å². The second kappa shape index (κ2) is 8.76. The topological polar surface area (TPSA) is 59.7 Å². The van der Waals surface area contributed by atoms with Crippen LogP contribution in [0.3, 0.4) is 0 Å². The molecule has 3 aromatic heterocycles. The number of carbonyl (C=O) groups excluding carboxylic acids is 1. The molecule has 1 aromatic carbocycles. The molecule has 8 heteroatoms. The molecule has 0 bridgehead atoms. The quantitative estimate of drug-likeness (QED) is 0.400. The van der Waals surface area contributed by atoms with Gasteiger partial charge in [0.1, 0.15) is 17.4 Å². The normalized spacial score (nSPS) is 13.4. The molecule has 0 radical (unpaired) electrons. The third-order valence-electron chi connectivity index (χ3n) is 6.58. The van der Waals surface area contributed by atoms with Crippen LogP contribution in [0.2, 0.25) is 0 Å². The molecule has 180 valence electrons. The summed E-state index contributed by atoms with van der Waals surface area (Å²) in [6.45, 7) is 6.59. The summed E-state index contributed by atoms with van der Waals surface area (Å²) < 4.78 is 36.4. The zero-order valence-corrected chi connectivity index (χ0v) is 20.1. The monoisotopic (exact) mass is 476 g/mol. The Hall–Kier alpha value is -3.81. The first-order valence-corrected chi connectivity index (χ1v) is 11.6. The summed E-state index contributed by atoms with van der Waals surface area (Å²) in [5.74, 6) is -0.706. The van der Waals surface area contributed by atoms with E-state index in [0.29, 0.717) is 47.5 Å². The molecule has 1 amide bonds. The smallest absolute Gasteiger partial charge is 0.256 e. The van der Waals surface area contributed by atoms with Gasteiger partial charge in [0.25, 0.3) is 5.91 Å². The summed E-state index contributed by atoms with van der Waals surface area (Å²) in [7, 11) is 1.63. The third-order valence-corrected chi connectivity index (χ3v) is 6.58. The highest BCUT2D eigenvalue weighted by Gasteiger charge is 2.29.